The Morgan fingerprint density at radius 1 is 1.30 bits per heavy atom. The summed E-state index contributed by atoms with van der Waals surface area (Å²) in [5.41, 5.74) is 1.44. The first-order chi connectivity index (χ1) is 9.68. The highest BCUT2D eigenvalue weighted by atomic mass is 16.3. The number of rotatable bonds is 6. The minimum atomic E-state index is -0.380. The number of aliphatic hydroxyl groups is 1. The molecule has 1 aromatic carbocycles. The third kappa shape index (κ3) is 3.76. The fourth-order valence-electron chi connectivity index (χ4n) is 1.97. The molecule has 0 aliphatic rings. The Morgan fingerprint density at radius 2 is 2.15 bits per heavy atom. The van der Waals surface area contributed by atoms with Crippen molar-refractivity contribution in [1.29, 1.82) is 0 Å². The summed E-state index contributed by atoms with van der Waals surface area (Å²) in [6, 6.07) is 9.22. The Morgan fingerprint density at radius 3 is 2.95 bits per heavy atom. The molecule has 20 heavy (non-hydrogen) atoms. The van der Waals surface area contributed by atoms with Crippen molar-refractivity contribution in [3.8, 4) is 0 Å². The van der Waals surface area contributed by atoms with Gasteiger partial charge in [-0.2, -0.15) is 0 Å². The minimum Gasteiger partial charge on any atom is -0.392 e. The minimum absolute atomic E-state index is 0.109. The molecule has 0 saturated carbocycles. The van der Waals surface area contributed by atoms with Gasteiger partial charge in [0.05, 0.1) is 11.6 Å². The Kier molecular flexibility index (Phi) is 5.03. The van der Waals surface area contributed by atoms with E-state index in [0.717, 1.165) is 10.9 Å². The molecule has 5 nitrogen and oxygen atoms in total. The highest BCUT2D eigenvalue weighted by molar-refractivity contribution is 6.06. The molecule has 3 N–H and O–H groups in total. The van der Waals surface area contributed by atoms with Gasteiger partial charge in [-0.05, 0) is 25.1 Å². The van der Waals surface area contributed by atoms with Crippen molar-refractivity contribution in [3.63, 3.8) is 0 Å². The summed E-state index contributed by atoms with van der Waals surface area (Å²) >= 11 is 0. The maximum Gasteiger partial charge on any atom is 0.252 e. The smallest absolute Gasteiger partial charge is 0.252 e. The highest BCUT2D eigenvalue weighted by Gasteiger charge is 2.09. The monoisotopic (exact) mass is 273 g/mol. The van der Waals surface area contributed by atoms with Crippen LogP contribution < -0.4 is 10.6 Å². The number of pyridine rings is 1. The van der Waals surface area contributed by atoms with Crippen molar-refractivity contribution in [2.45, 2.75) is 13.0 Å². The van der Waals surface area contributed by atoms with Crippen molar-refractivity contribution < 1.29 is 9.90 Å². The van der Waals surface area contributed by atoms with Gasteiger partial charge < -0.3 is 15.7 Å². The maximum atomic E-state index is 12.1. The second-order valence-electron chi connectivity index (χ2n) is 4.68. The van der Waals surface area contributed by atoms with Gasteiger partial charge in [0.1, 0.15) is 0 Å². The average Bonchev–Trinajstić information content (AvgIpc) is 2.45. The molecular formula is C15H19N3O2. The maximum absolute atomic E-state index is 12.1. The summed E-state index contributed by atoms with van der Waals surface area (Å²) in [6.45, 7) is 3.38. The molecule has 1 amide bonds. The topological polar surface area (TPSA) is 74.2 Å². The van der Waals surface area contributed by atoms with Gasteiger partial charge in [0.25, 0.3) is 5.91 Å². The lowest BCUT2D eigenvalue weighted by molar-refractivity contribution is 0.0955. The number of nitrogens with zero attached hydrogens (tertiary/aromatic N) is 1. The number of carbonyl (C=O) groups excluding carboxylic acids is 1. The van der Waals surface area contributed by atoms with Gasteiger partial charge in [-0.1, -0.05) is 12.1 Å². The molecule has 106 valence electrons. The predicted molar refractivity (Wildman–Crippen MR) is 78.6 cm³/mol. The number of carbonyl (C=O) groups is 1. The van der Waals surface area contributed by atoms with Gasteiger partial charge in [0.2, 0.25) is 0 Å². The van der Waals surface area contributed by atoms with Crippen LogP contribution >= 0.6 is 0 Å². The normalized spacial score (nSPS) is 12.3. The number of nitrogens with one attached hydrogen (secondary N) is 2. The molecule has 1 heterocycles. The van der Waals surface area contributed by atoms with Gasteiger partial charge >= 0.3 is 0 Å². The van der Waals surface area contributed by atoms with E-state index in [1.54, 1.807) is 19.2 Å². The highest BCUT2D eigenvalue weighted by Crippen LogP contribution is 2.15. The number of amides is 1. The van der Waals surface area contributed by atoms with Gasteiger partial charge in [0, 0.05) is 36.8 Å². The Bertz CT molecular complexity index is 579. The van der Waals surface area contributed by atoms with E-state index in [9.17, 15) is 4.79 Å². The van der Waals surface area contributed by atoms with Crippen molar-refractivity contribution in [3.05, 3.63) is 42.1 Å². The molecule has 1 aromatic heterocycles. The molecule has 0 aliphatic heterocycles. The van der Waals surface area contributed by atoms with E-state index in [2.05, 4.69) is 15.6 Å². The molecule has 1 atom stereocenters. The van der Waals surface area contributed by atoms with Crippen molar-refractivity contribution in [1.82, 2.24) is 15.6 Å². The van der Waals surface area contributed by atoms with E-state index < -0.39 is 0 Å². The van der Waals surface area contributed by atoms with E-state index in [0.29, 0.717) is 25.2 Å². The molecule has 0 fully saturated rings. The molecule has 0 saturated heterocycles. The van der Waals surface area contributed by atoms with Gasteiger partial charge in [-0.25, -0.2) is 0 Å². The van der Waals surface area contributed by atoms with Gasteiger partial charge in [-0.15, -0.1) is 0 Å². The van der Waals surface area contributed by atoms with Crippen LogP contribution in [0.1, 0.15) is 17.3 Å². The van der Waals surface area contributed by atoms with E-state index in [-0.39, 0.29) is 12.0 Å². The number of hydrogen-bond donors (Lipinski definition) is 3. The zero-order chi connectivity index (χ0) is 14.4. The van der Waals surface area contributed by atoms with E-state index >= 15 is 0 Å². The SMILES string of the molecule is CC(O)CNCCNC(=O)c1cccc2ncccc12. The largest absolute Gasteiger partial charge is 0.392 e. The molecule has 1 unspecified atom stereocenters. The quantitative estimate of drug-likeness (QED) is 0.685. The molecule has 5 heteroatoms. The first kappa shape index (κ1) is 14.4. The van der Waals surface area contributed by atoms with E-state index in [1.807, 2.05) is 24.3 Å². The number of hydrogen-bond acceptors (Lipinski definition) is 4. The molecule has 0 spiro atoms. The van der Waals surface area contributed by atoms with Gasteiger partial charge in [-0.3, -0.25) is 9.78 Å². The summed E-state index contributed by atoms with van der Waals surface area (Å²) in [7, 11) is 0. The predicted octanol–water partition coefficient (Wildman–Crippen LogP) is 0.935. The Balaban J connectivity index is 1.94. The van der Waals surface area contributed by atoms with E-state index in [1.165, 1.54) is 0 Å². The van der Waals surface area contributed by atoms with Crippen LogP contribution in [0.25, 0.3) is 10.9 Å². The second-order valence-corrected chi connectivity index (χ2v) is 4.68. The zero-order valence-corrected chi connectivity index (χ0v) is 11.5. The fraction of sp³-hybridized carbons (Fsp3) is 0.333. The third-order valence-electron chi connectivity index (χ3n) is 2.92. The van der Waals surface area contributed by atoms with Crippen LogP contribution in [-0.2, 0) is 0 Å². The first-order valence-corrected chi connectivity index (χ1v) is 6.69. The molecule has 2 rings (SSSR count). The van der Waals surface area contributed by atoms with Crippen LogP contribution in [0.3, 0.4) is 0 Å². The third-order valence-corrected chi connectivity index (χ3v) is 2.92. The van der Waals surface area contributed by atoms with Crippen LogP contribution in [0.5, 0.6) is 0 Å². The van der Waals surface area contributed by atoms with Crippen LogP contribution in [-0.4, -0.2) is 41.7 Å². The number of benzene rings is 1. The van der Waals surface area contributed by atoms with E-state index in [4.69, 9.17) is 5.11 Å². The number of aromatic nitrogens is 1. The number of aliphatic hydroxyl groups excluding tert-OH is 1. The standard InChI is InChI=1S/C15H19N3O2/c1-11(19)10-16-8-9-18-15(20)13-4-2-6-14-12(13)5-3-7-17-14/h2-7,11,16,19H,8-10H2,1H3,(H,18,20). The summed E-state index contributed by atoms with van der Waals surface area (Å²) in [4.78, 5) is 16.4. The molecular weight excluding hydrogens is 254 g/mol. The number of fused-ring (bicyclic) bond motifs is 1. The lowest BCUT2D eigenvalue weighted by Gasteiger charge is -2.09. The van der Waals surface area contributed by atoms with Crippen molar-refractivity contribution in [2.75, 3.05) is 19.6 Å². The summed E-state index contributed by atoms with van der Waals surface area (Å²) in [5.74, 6) is -0.109. The fourth-order valence-corrected chi connectivity index (χ4v) is 1.97. The van der Waals surface area contributed by atoms with Crippen molar-refractivity contribution >= 4 is 16.8 Å². The Hall–Kier alpha value is -1.98. The molecule has 0 bridgehead atoms. The molecule has 0 aliphatic carbocycles. The van der Waals surface area contributed by atoms with Crippen LogP contribution in [0.15, 0.2) is 36.5 Å². The van der Waals surface area contributed by atoms with Crippen LogP contribution in [0.4, 0.5) is 0 Å². The van der Waals surface area contributed by atoms with Gasteiger partial charge in [0.15, 0.2) is 0 Å². The lowest BCUT2D eigenvalue weighted by atomic mass is 10.1. The second kappa shape index (κ2) is 6.98. The Labute approximate surface area is 118 Å². The molecule has 2 aromatic rings. The summed E-state index contributed by atoms with van der Waals surface area (Å²) < 4.78 is 0. The van der Waals surface area contributed by atoms with Crippen LogP contribution in [0, 0.1) is 0 Å². The van der Waals surface area contributed by atoms with Crippen LogP contribution in [0.2, 0.25) is 0 Å². The zero-order valence-electron chi connectivity index (χ0n) is 11.5. The average molecular weight is 273 g/mol. The molecule has 0 radical (unpaired) electrons. The lowest BCUT2D eigenvalue weighted by Crippen LogP contribution is -2.34. The first-order valence-electron chi connectivity index (χ1n) is 6.69. The summed E-state index contributed by atoms with van der Waals surface area (Å²) in [5, 5.41) is 15.9. The summed E-state index contributed by atoms with van der Waals surface area (Å²) in [6.07, 6.45) is 1.33. The van der Waals surface area contributed by atoms with Crippen molar-refractivity contribution in [2.24, 2.45) is 0 Å².